The fourth-order valence-electron chi connectivity index (χ4n) is 2.69. The molecule has 0 saturated heterocycles. The lowest BCUT2D eigenvalue weighted by Gasteiger charge is -2.11. The summed E-state index contributed by atoms with van der Waals surface area (Å²) in [5.41, 5.74) is 1.01. The van der Waals surface area contributed by atoms with E-state index in [1.807, 2.05) is 0 Å². The second-order valence-corrected chi connectivity index (χ2v) is 7.67. The molecule has 0 saturated carbocycles. The average molecular weight is 492 g/mol. The van der Waals surface area contributed by atoms with Crippen molar-refractivity contribution in [2.24, 2.45) is 0 Å². The van der Waals surface area contributed by atoms with Crippen molar-refractivity contribution in [3.8, 4) is 5.75 Å². The molecule has 12 heteroatoms. The highest BCUT2D eigenvalue weighted by Crippen LogP contribution is 2.24. The summed E-state index contributed by atoms with van der Waals surface area (Å²) in [6.45, 7) is 0.511. The van der Waals surface area contributed by atoms with Crippen LogP contribution in [0.25, 0.3) is 0 Å². The molecule has 1 aromatic heterocycles. The van der Waals surface area contributed by atoms with E-state index in [9.17, 15) is 27.6 Å². The molecule has 0 aliphatic rings. The summed E-state index contributed by atoms with van der Waals surface area (Å²) >= 11 is 1.32. The smallest absolute Gasteiger partial charge is 0.406 e. The minimum Gasteiger partial charge on any atom is -0.406 e. The Morgan fingerprint density at radius 1 is 0.794 bits per heavy atom. The van der Waals surface area contributed by atoms with E-state index >= 15 is 0 Å². The number of carbonyl (C=O) groups is 3. The molecular weight excluding hydrogens is 473 g/mol. The zero-order chi connectivity index (χ0) is 24.6. The second kappa shape index (κ2) is 11.2. The molecule has 8 nitrogen and oxygen atoms in total. The maximum atomic E-state index is 12.2. The van der Waals surface area contributed by atoms with Gasteiger partial charge < -0.3 is 26.0 Å². The predicted molar refractivity (Wildman–Crippen MR) is 121 cm³/mol. The van der Waals surface area contributed by atoms with Crippen molar-refractivity contribution >= 4 is 40.6 Å². The monoisotopic (exact) mass is 492 g/mol. The van der Waals surface area contributed by atoms with Crippen LogP contribution >= 0.6 is 11.3 Å². The molecule has 0 radical (unpaired) electrons. The molecule has 3 aromatic rings. The normalized spacial score (nSPS) is 10.8. The molecule has 1 heterocycles. The molecule has 34 heavy (non-hydrogen) atoms. The van der Waals surface area contributed by atoms with Gasteiger partial charge in [-0.2, -0.15) is 0 Å². The van der Waals surface area contributed by atoms with Crippen LogP contribution in [0, 0.1) is 0 Å². The number of hydrogen-bond acceptors (Lipinski definition) is 5. The lowest BCUT2D eigenvalue weighted by molar-refractivity contribution is -0.274. The molecule has 178 valence electrons. The molecular formula is C22H19F3N4O4S. The second-order valence-electron chi connectivity index (χ2n) is 6.72. The molecule has 4 amide bonds. The fraction of sp³-hybridized carbons (Fsp3) is 0.136. The van der Waals surface area contributed by atoms with Gasteiger partial charge in [0.15, 0.2) is 0 Å². The summed E-state index contributed by atoms with van der Waals surface area (Å²) in [7, 11) is 0. The van der Waals surface area contributed by atoms with Crippen molar-refractivity contribution in [3.05, 3.63) is 76.5 Å². The topological polar surface area (TPSA) is 109 Å². The van der Waals surface area contributed by atoms with E-state index in [1.54, 1.807) is 17.5 Å². The van der Waals surface area contributed by atoms with Crippen molar-refractivity contribution < 1.29 is 32.3 Å². The summed E-state index contributed by atoms with van der Waals surface area (Å²) in [5.74, 6) is -0.955. The number of rotatable bonds is 8. The van der Waals surface area contributed by atoms with Crippen LogP contribution in [-0.2, 0) is 0 Å². The van der Waals surface area contributed by atoms with Gasteiger partial charge in [-0.05, 0) is 60.0 Å². The van der Waals surface area contributed by atoms with Crippen LogP contribution < -0.4 is 26.0 Å². The first kappa shape index (κ1) is 24.6. The molecule has 3 rings (SSSR count). The first-order valence-electron chi connectivity index (χ1n) is 9.83. The van der Waals surface area contributed by atoms with E-state index in [-0.39, 0.29) is 30.6 Å². The SMILES string of the molecule is O=C(Nc1ccc(OC(F)(F)F)cc1)Nc1ccc(C(=O)NCCNC(=O)c2cccs2)cc1. The third-order valence-corrected chi connectivity index (χ3v) is 5.06. The highest BCUT2D eigenvalue weighted by atomic mass is 32.1. The Balaban J connectivity index is 1.41. The Morgan fingerprint density at radius 3 is 1.88 bits per heavy atom. The van der Waals surface area contributed by atoms with Crippen molar-refractivity contribution in [2.75, 3.05) is 23.7 Å². The molecule has 0 bridgehead atoms. The number of amides is 4. The van der Waals surface area contributed by atoms with Crippen LogP contribution in [0.1, 0.15) is 20.0 Å². The van der Waals surface area contributed by atoms with Gasteiger partial charge in [0.1, 0.15) is 5.75 Å². The number of alkyl halides is 3. The van der Waals surface area contributed by atoms with Crippen molar-refractivity contribution in [1.82, 2.24) is 10.6 Å². The zero-order valence-corrected chi connectivity index (χ0v) is 18.3. The summed E-state index contributed by atoms with van der Waals surface area (Å²) in [5, 5.41) is 12.2. The van der Waals surface area contributed by atoms with Crippen LogP contribution in [0.5, 0.6) is 5.75 Å². The van der Waals surface area contributed by atoms with Crippen LogP contribution in [0.15, 0.2) is 66.0 Å². The maximum absolute atomic E-state index is 12.2. The van der Waals surface area contributed by atoms with Gasteiger partial charge in [0.25, 0.3) is 11.8 Å². The van der Waals surface area contributed by atoms with E-state index in [1.165, 1.54) is 47.7 Å². The minimum absolute atomic E-state index is 0.205. The summed E-state index contributed by atoms with van der Waals surface area (Å²) < 4.78 is 40.3. The van der Waals surface area contributed by atoms with Gasteiger partial charge in [-0.3, -0.25) is 9.59 Å². The molecule has 0 aliphatic heterocycles. The highest BCUT2D eigenvalue weighted by molar-refractivity contribution is 7.12. The number of ether oxygens (including phenoxy) is 1. The fourth-order valence-corrected chi connectivity index (χ4v) is 3.33. The van der Waals surface area contributed by atoms with E-state index in [0.717, 1.165) is 12.1 Å². The molecule has 0 fully saturated rings. The van der Waals surface area contributed by atoms with Crippen molar-refractivity contribution in [3.63, 3.8) is 0 Å². The van der Waals surface area contributed by atoms with Crippen LogP contribution in [-0.4, -0.2) is 37.3 Å². The van der Waals surface area contributed by atoms with E-state index in [0.29, 0.717) is 16.1 Å². The molecule has 0 unspecified atom stereocenters. The third-order valence-electron chi connectivity index (χ3n) is 4.19. The standard InChI is InChI=1S/C22H19F3N4O4S/c23-22(24,25)33-17-9-7-16(8-10-17)29-21(32)28-15-5-3-14(4-6-15)19(30)26-11-12-27-20(31)18-2-1-13-34-18/h1-10,13H,11-12H2,(H,26,30)(H,27,31)(H2,28,29,32). The number of urea groups is 1. The van der Waals surface area contributed by atoms with Gasteiger partial charge >= 0.3 is 12.4 Å². The summed E-state index contributed by atoms with van der Waals surface area (Å²) in [6, 6.07) is 13.6. The number of anilines is 2. The first-order valence-corrected chi connectivity index (χ1v) is 10.7. The Morgan fingerprint density at radius 2 is 1.35 bits per heavy atom. The number of benzene rings is 2. The molecule has 0 spiro atoms. The minimum atomic E-state index is -4.80. The third kappa shape index (κ3) is 7.81. The molecule has 0 atom stereocenters. The Bertz CT molecular complexity index is 1120. The predicted octanol–water partition coefficient (Wildman–Crippen LogP) is 4.45. The van der Waals surface area contributed by atoms with Crippen LogP contribution in [0.2, 0.25) is 0 Å². The van der Waals surface area contributed by atoms with E-state index < -0.39 is 18.1 Å². The number of nitrogens with one attached hydrogen (secondary N) is 4. The number of hydrogen-bond donors (Lipinski definition) is 4. The molecule has 2 aromatic carbocycles. The Kier molecular flexibility index (Phi) is 8.09. The number of thiophene rings is 1. The zero-order valence-electron chi connectivity index (χ0n) is 17.4. The number of carbonyl (C=O) groups excluding carboxylic acids is 3. The Labute approximate surface area is 196 Å². The first-order chi connectivity index (χ1) is 16.2. The van der Waals surface area contributed by atoms with Gasteiger partial charge in [0.05, 0.1) is 4.88 Å². The van der Waals surface area contributed by atoms with Crippen LogP contribution in [0.4, 0.5) is 29.3 Å². The highest BCUT2D eigenvalue weighted by Gasteiger charge is 2.30. The van der Waals surface area contributed by atoms with E-state index in [2.05, 4.69) is 26.0 Å². The molecule has 4 N–H and O–H groups in total. The largest absolute Gasteiger partial charge is 0.573 e. The lowest BCUT2D eigenvalue weighted by atomic mass is 10.2. The molecule has 0 aliphatic carbocycles. The van der Waals surface area contributed by atoms with Gasteiger partial charge in [-0.1, -0.05) is 6.07 Å². The van der Waals surface area contributed by atoms with Gasteiger partial charge in [0.2, 0.25) is 0 Å². The van der Waals surface area contributed by atoms with Crippen molar-refractivity contribution in [2.45, 2.75) is 6.36 Å². The van der Waals surface area contributed by atoms with Gasteiger partial charge in [-0.15, -0.1) is 24.5 Å². The maximum Gasteiger partial charge on any atom is 0.573 e. The Hall–Kier alpha value is -4.06. The number of halogens is 3. The van der Waals surface area contributed by atoms with Crippen molar-refractivity contribution in [1.29, 1.82) is 0 Å². The summed E-state index contributed by atoms with van der Waals surface area (Å²) in [4.78, 5) is 36.7. The average Bonchev–Trinajstić information content (AvgIpc) is 3.32. The van der Waals surface area contributed by atoms with E-state index in [4.69, 9.17) is 0 Å². The quantitative estimate of drug-likeness (QED) is 0.349. The lowest BCUT2D eigenvalue weighted by Crippen LogP contribution is -2.34. The van der Waals surface area contributed by atoms with Gasteiger partial charge in [-0.25, -0.2) is 4.79 Å². The van der Waals surface area contributed by atoms with Gasteiger partial charge in [0, 0.05) is 30.0 Å². The van der Waals surface area contributed by atoms with Crippen LogP contribution in [0.3, 0.4) is 0 Å². The summed E-state index contributed by atoms with van der Waals surface area (Å²) in [6.07, 6.45) is -4.80.